The van der Waals surface area contributed by atoms with Gasteiger partial charge in [0.25, 0.3) is 0 Å². The lowest BCUT2D eigenvalue weighted by Gasteiger charge is -2.25. The Kier molecular flexibility index (Phi) is 11.8. The van der Waals surface area contributed by atoms with E-state index in [0.717, 1.165) is 73.6 Å². The highest BCUT2D eigenvalue weighted by Gasteiger charge is 2.24. The Labute approximate surface area is 244 Å². The largest absolute Gasteiger partial charge is 0.507 e. The van der Waals surface area contributed by atoms with E-state index in [0.29, 0.717) is 35.2 Å². The van der Waals surface area contributed by atoms with Crippen LogP contribution in [0.1, 0.15) is 114 Å². The molecule has 220 valence electrons. The fraction of sp³-hybridized carbons (Fsp3) is 0.611. The van der Waals surface area contributed by atoms with Gasteiger partial charge in [0.1, 0.15) is 11.5 Å². The van der Waals surface area contributed by atoms with Crippen molar-refractivity contribution in [2.75, 3.05) is 0 Å². The minimum atomic E-state index is 0.0721. The number of phenolic OH excluding ortho intramolecular Hbond substituents is 2. The zero-order valence-electron chi connectivity index (χ0n) is 26.4. The highest BCUT2D eigenvalue weighted by Crippen LogP contribution is 2.30. The molecule has 1 fully saturated rings. The van der Waals surface area contributed by atoms with E-state index in [1.54, 1.807) is 0 Å². The average Bonchev–Trinajstić information content (AvgIpc) is 2.85. The van der Waals surface area contributed by atoms with Crippen LogP contribution in [0.5, 0.6) is 11.5 Å². The lowest BCUT2D eigenvalue weighted by atomic mass is 9.90. The van der Waals surface area contributed by atoms with Gasteiger partial charge in [0, 0.05) is 23.6 Å². The van der Waals surface area contributed by atoms with Crippen LogP contribution in [0, 0.1) is 23.7 Å². The van der Waals surface area contributed by atoms with Crippen LogP contribution in [-0.4, -0.2) is 34.7 Å². The van der Waals surface area contributed by atoms with Gasteiger partial charge in [-0.2, -0.15) is 0 Å². The van der Waals surface area contributed by atoms with Crippen LogP contribution in [0.15, 0.2) is 34.3 Å². The maximum Gasteiger partial charge on any atom is 0.127 e. The molecule has 1 aliphatic rings. The maximum atomic E-state index is 11.1. The van der Waals surface area contributed by atoms with Crippen LogP contribution in [-0.2, 0) is 25.7 Å². The number of hydrogen-bond donors (Lipinski definition) is 2. The molecule has 1 saturated carbocycles. The minimum Gasteiger partial charge on any atom is -0.507 e. The van der Waals surface area contributed by atoms with Gasteiger partial charge in [-0.1, -0.05) is 80.4 Å². The highest BCUT2D eigenvalue weighted by molar-refractivity contribution is 5.85. The first kappa shape index (κ1) is 31.9. The smallest absolute Gasteiger partial charge is 0.127 e. The quantitative estimate of drug-likeness (QED) is 0.261. The van der Waals surface area contributed by atoms with Crippen molar-refractivity contribution in [2.45, 2.75) is 119 Å². The summed E-state index contributed by atoms with van der Waals surface area (Å²) < 4.78 is 0. The van der Waals surface area contributed by atoms with Crippen LogP contribution < -0.4 is 0 Å². The van der Waals surface area contributed by atoms with Gasteiger partial charge in [-0.3, -0.25) is 9.98 Å². The summed E-state index contributed by atoms with van der Waals surface area (Å²) in [5, 5.41) is 22.2. The van der Waals surface area contributed by atoms with Crippen molar-refractivity contribution >= 4 is 12.4 Å². The standard InChI is InChI=1S/C36H54N2O2/c1-23(2)13-27-17-29(15-25(5)6)35(39)31(19-27)21-37-33-11-9-10-12-34(33)38-22-32-20-28(14-24(3)4)18-30(36(32)40)16-26(7)8/h17-26,33-34,39-40H,9-16H2,1-8H3/t33-,34-/m1/s1. The SMILES string of the molecule is CC(C)Cc1cc(C=N[C@@H]2CCCC[C@H]2N=Cc2cc(CC(C)C)cc(CC(C)C)c2O)c(O)c(CC(C)C)c1. The van der Waals surface area contributed by atoms with Crippen LogP contribution in [0.4, 0.5) is 0 Å². The molecule has 2 atom stereocenters. The van der Waals surface area contributed by atoms with Crippen LogP contribution in [0.2, 0.25) is 0 Å². The number of phenols is 2. The van der Waals surface area contributed by atoms with E-state index in [9.17, 15) is 10.2 Å². The number of nitrogens with zero attached hydrogens (tertiary/aromatic N) is 2. The van der Waals surface area contributed by atoms with Crippen molar-refractivity contribution < 1.29 is 10.2 Å². The lowest BCUT2D eigenvalue weighted by molar-refractivity contribution is 0.390. The van der Waals surface area contributed by atoms with Gasteiger partial charge in [-0.25, -0.2) is 0 Å². The molecule has 3 rings (SSSR count). The molecule has 0 aromatic heterocycles. The van der Waals surface area contributed by atoms with E-state index < -0.39 is 0 Å². The van der Waals surface area contributed by atoms with Crippen molar-refractivity contribution in [3.63, 3.8) is 0 Å². The van der Waals surface area contributed by atoms with Gasteiger partial charge in [0.15, 0.2) is 0 Å². The Morgan fingerprint density at radius 3 is 1.27 bits per heavy atom. The number of rotatable bonds is 12. The molecule has 0 amide bonds. The molecule has 2 aromatic rings. The molecule has 1 aliphatic carbocycles. The van der Waals surface area contributed by atoms with Gasteiger partial charge in [0.05, 0.1) is 12.1 Å². The molecule has 0 heterocycles. The molecule has 40 heavy (non-hydrogen) atoms. The predicted molar refractivity (Wildman–Crippen MR) is 172 cm³/mol. The van der Waals surface area contributed by atoms with Crippen LogP contribution in [0.3, 0.4) is 0 Å². The number of aliphatic imine (C=N–C) groups is 2. The second-order valence-electron chi connectivity index (χ2n) is 13.8. The summed E-state index contributed by atoms with van der Waals surface area (Å²) in [5.41, 5.74) is 6.19. The first-order chi connectivity index (χ1) is 18.9. The molecular weight excluding hydrogens is 492 g/mol. The summed E-state index contributed by atoms with van der Waals surface area (Å²) in [7, 11) is 0. The van der Waals surface area contributed by atoms with Crippen LogP contribution in [0.25, 0.3) is 0 Å². The third-order valence-electron chi connectivity index (χ3n) is 7.60. The summed E-state index contributed by atoms with van der Waals surface area (Å²) >= 11 is 0. The number of hydrogen-bond acceptors (Lipinski definition) is 4. The van der Waals surface area contributed by atoms with Gasteiger partial charge in [-0.05, 0) is 96.6 Å². The minimum absolute atomic E-state index is 0.0721. The molecule has 4 heteroatoms. The molecule has 0 bridgehead atoms. The predicted octanol–water partition coefficient (Wildman–Crippen LogP) is 8.74. The summed E-state index contributed by atoms with van der Waals surface area (Å²) in [6.07, 6.45) is 11.7. The molecule has 4 nitrogen and oxygen atoms in total. The number of benzene rings is 2. The average molecular weight is 547 g/mol. The van der Waals surface area contributed by atoms with Crippen molar-refractivity contribution in [2.24, 2.45) is 33.7 Å². The third-order valence-corrected chi connectivity index (χ3v) is 7.60. The van der Waals surface area contributed by atoms with E-state index in [4.69, 9.17) is 9.98 Å². The normalized spacial score (nSPS) is 18.4. The van der Waals surface area contributed by atoms with Crippen molar-refractivity contribution in [3.05, 3.63) is 57.6 Å². The van der Waals surface area contributed by atoms with Crippen molar-refractivity contribution in [1.82, 2.24) is 0 Å². The first-order valence-corrected chi connectivity index (χ1v) is 15.7. The zero-order chi connectivity index (χ0) is 29.4. The second-order valence-corrected chi connectivity index (χ2v) is 13.8. The molecular formula is C36H54N2O2. The lowest BCUT2D eigenvalue weighted by Crippen LogP contribution is -2.27. The summed E-state index contributed by atoms with van der Waals surface area (Å²) in [6.45, 7) is 17.7. The van der Waals surface area contributed by atoms with Crippen LogP contribution >= 0.6 is 0 Å². The first-order valence-electron chi connectivity index (χ1n) is 15.7. The van der Waals surface area contributed by atoms with E-state index >= 15 is 0 Å². The molecule has 0 spiro atoms. The summed E-state index contributed by atoms with van der Waals surface area (Å²) in [5.74, 6) is 2.78. The molecule has 0 saturated heterocycles. The Morgan fingerprint density at radius 2 is 0.950 bits per heavy atom. The van der Waals surface area contributed by atoms with E-state index in [1.807, 2.05) is 12.4 Å². The van der Waals surface area contributed by atoms with E-state index in [-0.39, 0.29) is 12.1 Å². The molecule has 0 radical (unpaired) electrons. The van der Waals surface area contributed by atoms with Crippen molar-refractivity contribution in [1.29, 1.82) is 0 Å². The second kappa shape index (κ2) is 14.8. The molecule has 0 aliphatic heterocycles. The van der Waals surface area contributed by atoms with Gasteiger partial charge in [-0.15, -0.1) is 0 Å². The summed E-state index contributed by atoms with van der Waals surface area (Å²) in [6, 6.07) is 8.71. The molecule has 0 unspecified atom stereocenters. The highest BCUT2D eigenvalue weighted by atomic mass is 16.3. The summed E-state index contributed by atoms with van der Waals surface area (Å²) in [4.78, 5) is 10.0. The number of aromatic hydroxyl groups is 2. The molecule has 2 aromatic carbocycles. The maximum absolute atomic E-state index is 11.1. The fourth-order valence-electron chi connectivity index (χ4n) is 5.93. The van der Waals surface area contributed by atoms with E-state index in [2.05, 4.69) is 79.7 Å². The zero-order valence-corrected chi connectivity index (χ0v) is 26.4. The van der Waals surface area contributed by atoms with Gasteiger partial charge < -0.3 is 10.2 Å². The fourth-order valence-corrected chi connectivity index (χ4v) is 5.93. The Morgan fingerprint density at radius 1 is 0.600 bits per heavy atom. The van der Waals surface area contributed by atoms with E-state index in [1.165, 1.54) is 11.1 Å². The van der Waals surface area contributed by atoms with Gasteiger partial charge in [0.2, 0.25) is 0 Å². The van der Waals surface area contributed by atoms with Gasteiger partial charge >= 0.3 is 0 Å². The van der Waals surface area contributed by atoms with Crippen molar-refractivity contribution in [3.8, 4) is 11.5 Å². The monoisotopic (exact) mass is 546 g/mol. The topological polar surface area (TPSA) is 65.2 Å². The Balaban J connectivity index is 1.89. The Hall–Kier alpha value is -2.62. The Bertz CT molecular complexity index is 1070. The third kappa shape index (κ3) is 9.49. The molecule has 2 N–H and O–H groups in total.